The van der Waals surface area contributed by atoms with Crippen LogP contribution in [0.2, 0.25) is 0 Å². The van der Waals surface area contributed by atoms with E-state index >= 15 is 0 Å². The highest BCUT2D eigenvalue weighted by atomic mass is 16.5. The number of aliphatic hydroxyl groups is 1. The molecule has 0 aliphatic rings. The van der Waals surface area contributed by atoms with Crippen LogP contribution < -0.4 is 0 Å². The van der Waals surface area contributed by atoms with Crippen LogP contribution in [0.3, 0.4) is 0 Å². The summed E-state index contributed by atoms with van der Waals surface area (Å²) in [5, 5.41) is 8.69. The summed E-state index contributed by atoms with van der Waals surface area (Å²) in [4.78, 5) is 10.7. The quantitative estimate of drug-likeness (QED) is 0.580. The van der Waals surface area contributed by atoms with Crippen LogP contribution in [0.15, 0.2) is 30.3 Å². The number of esters is 1. The maximum absolute atomic E-state index is 10.7. The molecule has 0 heterocycles. The van der Waals surface area contributed by atoms with E-state index in [-0.39, 0.29) is 12.4 Å². The zero-order valence-electron chi connectivity index (χ0n) is 7.86. The molecule has 0 saturated heterocycles. The SMILES string of the molecule is CC(=O)OC(=[C]CO)c1ccccc1. The fraction of sp³-hybridized carbons (Fsp3) is 0.182. The number of benzene rings is 1. The van der Waals surface area contributed by atoms with E-state index in [2.05, 4.69) is 6.08 Å². The molecule has 0 aliphatic heterocycles. The Labute approximate surface area is 82.6 Å². The maximum Gasteiger partial charge on any atom is 0.308 e. The lowest BCUT2D eigenvalue weighted by atomic mass is 10.2. The number of carbonyl (C=O) groups excluding carboxylic acids is 1. The normalized spacial score (nSPS) is 11.1. The van der Waals surface area contributed by atoms with Gasteiger partial charge in [-0.3, -0.25) is 4.79 Å². The summed E-state index contributed by atoms with van der Waals surface area (Å²) in [6.45, 7) is 1.03. The van der Waals surface area contributed by atoms with Gasteiger partial charge < -0.3 is 9.84 Å². The van der Waals surface area contributed by atoms with Crippen LogP contribution in [-0.4, -0.2) is 17.7 Å². The largest absolute Gasteiger partial charge is 0.426 e. The number of aliphatic hydroxyl groups excluding tert-OH is 1. The molecule has 14 heavy (non-hydrogen) atoms. The topological polar surface area (TPSA) is 46.5 Å². The maximum atomic E-state index is 10.7. The molecular weight excluding hydrogens is 180 g/mol. The Hall–Kier alpha value is -1.61. The van der Waals surface area contributed by atoms with Crippen molar-refractivity contribution in [2.75, 3.05) is 6.61 Å². The van der Waals surface area contributed by atoms with Crippen LogP contribution in [0, 0.1) is 6.08 Å². The summed E-state index contributed by atoms with van der Waals surface area (Å²) < 4.78 is 4.88. The van der Waals surface area contributed by atoms with E-state index in [9.17, 15) is 4.79 Å². The standard InChI is InChI=1S/C11H11O3/c1-9(13)14-11(7-8-12)10-5-3-2-4-6-10/h2-6,12H,8H2,1H3. The van der Waals surface area contributed by atoms with Gasteiger partial charge in [0.1, 0.15) is 5.76 Å². The lowest BCUT2D eigenvalue weighted by molar-refractivity contribution is -0.134. The second kappa shape index (κ2) is 5.19. The van der Waals surface area contributed by atoms with E-state index in [4.69, 9.17) is 9.84 Å². The molecule has 1 rings (SSSR count). The third-order valence-electron chi connectivity index (χ3n) is 1.52. The molecular formula is C11H11O3. The second-order valence-corrected chi connectivity index (χ2v) is 2.62. The molecule has 3 heteroatoms. The molecule has 1 aromatic carbocycles. The van der Waals surface area contributed by atoms with Gasteiger partial charge in [-0.2, -0.15) is 0 Å². The summed E-state index contributed by atoms with van der Waals surface area (Å²) >= 11 is 0. The van der Waals surface area contributed by atoms with Crippen molar-refractivity contribution in [3.05, 3.63) is 42.0 Å². The third kappa shape index (κ3) is 3.03. The Kier molecular flexibility index (Phi) is 3.88. The minimum atomic E-state index is -0.426. The average molecular weight is 191 g/mol. The molecule has 3 nitrogen and oxygen atoms in total. The van der Waals surface area contributed by atoms with Crippen LogP contribution in [0.5, 0.6) is 0 Å². The van der Waals surface area contributed by atoms with Crippen LogP contribution in [0.4, 0.5) is 0 Å². The molecule has 0 unspecified atom stereocenters. The summed E-state index contributed by atoms with van der Waals surface area (Å²) in [6, 6.07) is 9.05. The Morgan fingerprint density at radius 3 is 2.57 bits per heavy atom. The highest BCUT2D eigenvalue weighted by Crippen LogP contribution is 2.14. The van der Waals surface area contributed by atoms with Gasteiger partial charge in [0.25, 0.3) is 0 Å². The smallest absolute Gasteiger partial charge is 0.308 e. The molecule has 73 valence electrons. The Morgan fingerprint density at radius 1 is 1.43 bits per heavy atom. The van der Waals surface area contributed by atoms with E-state index in [1.807, 2.05) is 18.2 Å². The molecule has 1 radical (unpaired) electrons. The first-order chi connectivity index (χ1) is 6.74. The number of hydrogen-bond acceptors (Lipinski definition) is 3. The van der Waals surface area contributed by atoms with Crippen molar-refractivity contribution in [1.82, 2.24) is 0 Å². The van der Waals surface area contributed by atoms with Crippen LogP contribution in [-0.2, 0) is 9.53 Å². The molecule has 0 aromatic heterocycles. The van der Waals surface area contributed by atoms with Crippen LogP contribution in [0.25, 0.3) is 5.76 Å². The summed E-state index contributed by atoms with van der Waals surface area (Å²) in [5.74, 6) is -0.162. The van der Waals surface area contributed by atoms with Crippen molar-refractivity contribution in [2.24, 2.45) is 0 Å². The lowest BCUT2D eigenvalue weighted by Gasteiger charge is -2.05. The third-order valence-corrected chi connectivity index (χ3v) is 1.52. The monoisotopic (exact) mass is 191 g/mol. The minimum Gasteiger partial charge on any atom is -0.426 e. The van der Waals surface area contributed by atoms with Crippen molar-refractivity contribution in [3.8, 4) is 0 Å². The van der Waals surface area contributed by atoms with Crippen molar-refractivity contribution in [1.29, 1.82) is 0 Å². The first-order valence-electron chi connectivity index (χ1n) is 4.19. The van der Waals surface area contributed by atoms with Gasteiger partial charge in [-0.1, -0.05) is 30.3 Å². The van der Waals surface area contributed by atoms with Gasteiger partial charge in [0.05, 0.1) is 6.61 Å². The molecule has 0 fully saturated rings. The van der Waals surface area contributed by atoms with E-state index in [1.54, 1.807) is 12.1 Å². The first-order valence-corrected chi connectivity index (χ1v) is 4.19. The van der Waals surface area contributed by atoms with Crippen LogP contribution in [0.1, 0.15) is 12.5 Å². The summed E-state index contributed by atoms with van der Waals surface area (Å²) in [5.41, 5.74) is 0.719. The van der Waals surface area contributed by atoms with E-state index in [0.717, 1.165) is 5.56 Å². The van der Waals surface area contributed by atoms with Crippen LogP contribution >= 0.6 is 0 Å². The lowest BCUT2D eigenvalue weighted by Crippen LogP contribution is -1.99. The zero-order valence-corrected chi connectivity index (χ0v) is 7.86. The number of hydrogen-bond donors (Lipinski definition) is 1. The van der Waals surface area contributed by atoms with Gasteiger partial charge in [0, 0.05) is 18.6 Å². The van der Waals surface area contributed by atoms with E-state index in [1.165, 1.54) is 6.92 Å². The molecule has 0 bridgehead atoms. The molecule has 0 aliphatic carbocycles. The average Bonchev–Trinajstić information content (AvgIpc) is 2.18. The van der Waals surface area contributed by atoms with Gasteiger partial charge in [-0.25, -0.2) is 0 Å². The van der Waals surface area contributed by atoms with Gasteiger partial charge in [0.15, 0.2) is 0 Å². The highest BCUT2D eigenvalue weighted by molar-refractivity contribution is 5.75. The highest BCUT2D eigenvalue weighted by Gasteiger charge is 2.04. The molecule has 0 amide bonds. The first kappa shape index (κ1) is 10.5. The molecule has 0 atom stereocenters. The fourth-order valence-electron chi connectivity index (χ4n) is 1.00. The Bertz CT molecular complexity index is 328. The predicted octanol–water partition coefficient (Wildman–Crippen LogP) is 1.39. The summed E-state index contributed by atoms with van der Waals surface area (Å²) in [7, 11) is 0. The minimum absolute atomic E-state index is 0.264. The number of carbonyl (C=O) groups is 1. The fourth-order valence-corrected chi connectivity index (χ4v) is 1.00. The van der Waals surface area contributed by atoms with Gasteiger partial charge in [0.2, 0.25) is 0 Å². The van der Waals surface area contributed by atoms with Gasteiger partial charge >= 0.3 is 5.97 Å². The number of ether oxygens (including phenoxy) is 1. The molecule has 1 N–H and O–H groups in total. The molecule has 0 spiro atoms. The van der Waals surface area contributed by atoms with E-state index in [0.29, 0.717) is 0 Å². The van der Waals surface area contributed by atoms with E-state index < -0.39 is 5.97 Å². The molecule has 1 aromatic rings. The van der Waals surface area contributed by atoms with Gasteiger partial charge in [-0.15, -0.1) is 0 Å². The second-order valence-electron chi connectivity index (χ2n) is 2.62. The zero-order chi connectivity index (χ0) is 10.4. The van der Waals surface area contributed by atoms with Crippen molar-refractivity contribution in [2.45, 2.75) is 6.92 Å². The Morgan fingerprint density at radius 2 is 2.07 bits per heavy atom. The molecule has 0 saturated carbocycles. The number of rotatable bonds is 3. The van der Waals surface area contributed by atoms with Gasteiger partial charge in [-0.05, 0) is 0 Å². The summed E-state index contributed by atoms with van der Waals surface area (Å²) in [6.07, 6.45) is 2.56. The van der Waals surface area contributed by atoms with Crippen molar-refractivity contribution < 1.29 is 14.6 Å². The van der Waals surface area contributed by atoms with Crippen molar-refractivity contribution in [3.63, 3.8) is 0 Å². The predicted molar refractivity (Wildman–Crippen MR) is 51.9 cm³/mol. The van der Waals surface area contributed by atoms with Crippen molar-refractivity contribution >= 4 is 11.7 Å². The Balaban J connectivity index is 2.89.